The monoisotopic (exact) mass is 309 g/mol. The van der Waals surface area contributed by atoms with E-state index in [-0.39, 0.29) is 0 Å². The van der Waals surface area contributed by atoms with Crippen LogP contribution in [0, 0.1) is 0 Å². The number of rotatable bonds is 5. The van der Waals surface area contributed by atoms with Gasteiger partial charge < -0.3 is 10.4 Å². The molecule has 0 saturated carbocycles. The number of aliphatic hydroxyl groups excluding tert-OH is 1. The SMILES string of the molecule is Cn1ccc(CNCC(O)c2cccc(Br)c2)n1. The number of hydrogen-bond acceptors (Lipinski definition) is 3. The number of benzene rings is 1. The van der Waals surface area contributed by atoms with Crippen molar-refractivity contribution in [3.63, 3.8) is 0 Å². The lowest BCUT2D eigenvalue weighted by atomic mass is 10.1. The van der Waals surface area contributed by atoms with Crippen LogP contribution in [-0.4, -0.2) is 21.4 Å². The van der Waals surface area contributed by atoms with Crippen LogP contribution in [0.5, 0.6) is 0 Å². The Hall–Kier alpha value is -1.17. The summed E-state index contributed by atoms with van der Waals surface area (Å²) in [5, 5.41) is 17.5. The average molecular weight is 310 g/mol. The predicted octanol–water partition coefficient (Wildman–Crippen LogP) is 2.01. The highest BCUT2D eigenvalue weighted by Crippen LogP contribution is 2.17. The molecule has 1 aromatic heterocycles. The van der Waals surface area contributed by atoms with Crippen LogP contribution in [0.1, 0.15) is 17.4 Å². The van der Waals surface area contributed by atoms with E-state index in [0.717, 1.165) is 15.7 Å². The van der Waals surface area contributed by atoms with Gasteiger partial charge in [0.15, 0.2) is 0 Å². The van der Waals surface area contributed by atoms with Crippen LogP contribution < -0.4 is 5.32 Å². The first-order valence-corrected chi connectivity index (χ1v) is 6.57. The first kappa shape index (κ1) is 13.3. The van der Waals surface area contributed by atoms with E-state index in [1.54, 1.807) is 4.68 Å². The lowest BCUT2D eigenvalue weighted by molar-refractivity contribution is 0.174. The van der Waals surface area contributed by atoms with E-state index in [4.69, 9.17) is 0 Å². The topological polar surface area (TPSA) is 50.1 Å². The number of halogens is 1. The zero-order valence-corrected chi connectivity index (χ0v) is 11.8. The Kier molecular flexibility index (Phi) is 4.52. The minimum atomic E-state index is -0.508. The zero-order valence-electron chi connectivity index (χ0n) is 10.2. The maximum absolute atomic E-state index is 10.0. The summed E-state index contributed by atoms with van der Waals surface area (Å²) in [5.41, 5.74) is 1.87. The molecule has 1 heterocycles. The quantitative estimate of drug-likeness (QED) is 0.888. The molecule has 1 atom stereocenters. The van der Waals surface area contributed by atoms with Gasteiger partial charge in [0, 0.05) is 30.8 Å². The van der Waals surface area contributed by atoms with Crippen LogP contribution in [0.3, 0.4) is 0 Å². The van der Waals surface area contributed by atoms with Crippen molar-refractivity contribution < 1.29 is 5.11 Å². The number of aromatic nitrogens is 2. The summed E-state index contributed by atoms with van der Waals surface area (Å²) in [5.74, 6) is 0. The highest BCUT2D eigenvalue weighted by atomic mass is 79.9. The minimum Gasteiger partial charge on any atom is -0.387 e. The van der Waals surface area contributed by atoms with E-state index in [1.807, 2.05) is 43.6 Å². The number of nitrogens with one attached hydrogen (secondary N) is 1. The molecule has 0 aliphatic heterocycles. The van der Waals surface area contributed by atoms with Crippen LogP contribution >= 0.6 is 15.9 Å². The Morgan fingerprint density at radius 2 is 2.28 bits per heavy atom. The van der Waals surface area contributed by atoms with E-state index < -0.39 is 6.10 Å². The Morgan fingerprint density at radius 3 is 2.94 bits per heavy atom. The molecule has 0 bridgehead atoms. The first-order valence-electron chi connectivity index (χ1n) is 5.78. The van der Waals surface area contributed by atoms with Gasteiger partial charge in [-0.1, -0.05) is 28.1 Å². The molecule has 0 fully saturated rings. The van der Waals surface area contributed by atoms with Crippen molar-refractivity contribution in [3.05, 3.63) is 52.3 Å². The number of aryl methyl sites for hydroxylation is 1. The van der Waals surface area contributed by atoms with Crippen molar-refractivity contribution in [1.29, 1.82) is 0 Å². The summed E-state index contributed by atoms with van der Waals surface area (Å²) in [6.45, 7) is 1.17. The van der Waals surface area contributed by atoms with Crippen LogP contribution in [-0.2, 0) is 13.6 Å². The fourth-order valence-corrected chi connectivity index (χ4v) is 2.14. The maximum Gasteiger partial charge on any atom is 0.0914 e. The van der Waals surface area contributed by atoms with E-state index in [2.05, 4.69) is 26.3 Å². The molecule has 0 spiro atoms. The van der Waals surface area contributed by atoms with Crippen molar-refractivity contribution in [1.82, 2.24) is 15.1 Å². The van der Waals surface area contributed by atoms with Gasteiger partial charge >= 0.3 is 0 Å². The molecule has 0 amide bonds. The average Bonchev–Trinajstić information content (AvgIpc) is 2.75. The summed E-state index contributed by atoms with van der Waals surface area (Å²) in [6.07, 6.45) is 1.40. The molecule has 0 aliphatic rings. The first-order chi connectivity index (χ1) is 8.65. The van der Waals surface area contributed by atoms with Crippen molar-refractivity contribution in [2.75, 3.05) is 6.54 Å². The van der Waals surface area contributed by atoms with Gasteiger partial charge in [0.05, 0.1) is 11.8 Å². The van der Waals surface area contributed by atoms with Crippen molar-refractivity contribution in [3.8, 4) is 0 Å². The van der Waals surface area contributed by atoms with Crippen LogP contribution in [0.25, 0.3) is 0 Å². The Morgan fingerprint density at radius 1 is 1.44 bits per heavy atom. The van der Waals surface area contributed by atoms with Crippen molar-refractivity contribution >= 4 is 15.9 Å². The Balaban J connectivity index is 1.83. The number of aliphatic hydroxyl groups is 1. The molecule has 2 aromatic rings. The molecule has 0 radical (unpaired) electrons. The third-order valence-electron chi connectivity index (χ3n) is 2.65. The zero-order chi connectivity index (χ0) is 13.0. The second-order valence-electron chi connectivity index (χ2n) is 4.18. The van der Waals surface area contributed by atoms with Gasteiger partial charge in [0.2, 0.25) is 0 Å². The van der Waals surface area contributed by atoms with Crippen molar-refractivity contribution in [2.24, 2.45) is 7.05 Å². The summed E-state index contributed by atoms with van der Waals surface area (Å²) in [7, 11) is 1.89. The molecule has 4 nitrogen and oxygen atoms in total. The minimum absolute atomic E-state index is 0.507. The molecule has 18 heavy (non-hydrogen) atoms. The maximum atomic E-state index is 10.0. The molecule has 96 valence electrons. The normalized spacial score (nSPS) is 12.6. The standard InChI is InChI=1S/C13H16BrN3O/c1-17-6-5-12(16-17)8-15-9-13(18)10-3-2-4-11(14)7-10/h2-7,13,15,18H,8-9H2,1H3. The third kappa shape index (κ3) is 3.66. The molecular formula is C13H16BrN3O. The summed E-state index contributed by atoms with van der Waals surface area (Å²) in [6, 6.07) is 9.66. The van der Waals surface area contributed by atoms with Crippen LogP contribution in [0.2, 0.25) is 0 Å². The lowest BCUT2D eigenvalue weighted by Crippen LogP contribution is -2.21. The summed E-state index contributed by atoms with van der Waals surface area (Å²) < 4.78 is 2.74. The van der Waals surface area contributed by atoms with Gasteiger partial charge in [-0.3, -0.25) is 4.68 Å². The van der Waals surface area contributed by atoms with E-state index in [0.29, 0.717) is 13.1 Å². The van der Waals surface area contributed by atoms with Crippen LogP contribution in [0.4, 0.5) is 0 Å². The van der Waals surface area contributed by atoms with Gasteiger partial charge in [0.1, 0.15) is 0 Å². The predicted molar refractivity (Wildman–Crippen MR) is 74.0 cm³/mol. The largest absolute Gasteiger partial charge is 0.387 e. The fraction of sp³-hybridized carbons (Fsp3) is 0.308. The fourth-order valence-electron chi connectivity index (χ4n) is 1.73. The number of hydrogen-bond donors (Lipinski definition) is 2. The number of nitrogens with zero attached hydrogens (tertiary/aromatic N) is 2. The van der Waals surface area contributed by atoms with E-state index in [1.165, 1.54) is 0 Å². The summed E-state index contributed by atoms with van der Waals surface area (Å²) >= 11 is 3.39. The molecular weight excluding hydrogens is 294 g/mol. The van der Waals surface area contributed by atoms with Gasteiger partial charge in [-0.2, -0.15) is 5.10 Å². The smallest absolute Gasteiger partial charge is 0.0914 e. The highest BCUT2D eigenvalue weighted by molar-refractivity contribution is 9.10. The second-order valence-corrected chi connectivity index (χ2v) is 5.10. The van der Waals surface area contributed by atoms with Gasteiger partial charge in [-0.15, -0.1) is 0 Å². The molecule has 2 N–H and O–H groups in total. The van der Waals surface area contributed by atoms with E-state index in [9.17, 15) is 5.11 Å². The summed E-state index contributed by atoms with van der Waals surface area (Å²) in [4.78, 5) is 0. The highest BCUT2D eigenvalue weighted by Gasteiger charge is 2.07. The van der Waals surface area contributed by atoms with Crippen molar-refractivity contribution in [2.45, 2.75) is 12.6 Å². The second kappa shape index (κ2) is 6.13. The van der Waals surface area contributed by atoms with Gasteiger partial charge in [0.25, 0.3) is 0 Å². The lowest BCUT2D eigenvalue weighted by Gasteiger charge is -2.11. The molecule has 0 saturated heterocycles. The van der Waals surface area contributed by atoms with Gasteiger partial charge in [-0.25, -0.2) is 0 Å². The molecule has 1 unspecified atom stereocenters. The Labute approximate surface area is 115 Å². The Bertz CT molecular complexity index is 512. The van der Waals surface area contributed by atoms with E-state index >= 15 is 0 Å². The molecule has 5 heteroatoms. The molecule has 0 aliphatic carbocycles. The van der Waals surface area contributed by atoms with Gasteiger partial charge in [-0.05, 0) is 23.8 Å². The molecule has 1 aromatic carbocycles. The van der Waals surface area contributed by atoms with Crippen LogP contribution in [0.15, 0.2) is 41.0 Å². The molecule has 2 rings (SSSR count). The third-order valence-corrected chi connectivity index (χ3v) is 3.14.